The number of nitrogens with two attached hydrogens (primary N) is 1. The van der Waals surface area contributed by atoms with Crippen LogP contribution >= 0.6 is 0 Å². The van der Waals surface area contributed by atoms with E-state index in [0.717, 1.165) is 23.9 Å². The molecule has 4 atom stereocenters. The largest absolute Gasteiger partial charge is 0.354 e. The van der Waals surface area contributed by atoms with Gasteiger partial charge in [0, 0.05) is 6.54 Å². The fourth-order valence-electron chi connectivity index (χ4n) is 3.78. The van der Waals surface area contributed by atoms with E-state index in [0.29, 0.717) is 5.92 Å². The molecule has 0 saturated heterocycles. The van der Waals surface area contributed by atoms with Crippen molar-refractivity contribution in [3.05, 3.63) is 35.9 Å². The molecule has 3 nitrogen and oxygen atoms in total. The first-order valence-electron chi connectivity index (χ1n) is 7.32. The van der Waals surface area contributed by atoms with Crippen LogP contribution in [-0.4, -0.2) is 12.5 Å². The number of hydrogen-bond acceptors (Lipinski definition) is 2. The van der Waals surface area contributed by atoms with Crippen LogP contribution in [0.3, 0.4) is 0 Å². The maximum absolute atomic E-state index is 12.1. The van der Waals surface area contributed by atoms with Crippen molar-refractivity contribution in [2.24, 2.45) is 23.5 Å². The minimum Gasteiger partial charge on any atom is -0.354 e. The van der Waals surface area contributed by atoms with Crippen molar-refractivity contribution < 1.29 is 4.79 Å². The minimum absolute atomic E-state index is 0.0472. The summed E-state index contributed by atoms with van der Waals surface area (Å²) in [6, 6.07) is 9.03. The number of amides is 1. The summed E-state index contributed by atoms with van der Waals surface area (Å²) in [6.07, 6.45) is 5.44. The predicted octanol–water partition coefficient (Wildman–Crippen LogP) is 2.24. The number of rotatable bonds is 4. The first-order chi connectivity index (χ1) is 9.24. The topological polar surface area (TPSA) is 55.1 Å². The fraction of sp³-hybridized carbons (Fsp3) is 0.562. The summed E-state index contributed by atoms with van der Waals surface area (Å²) in [6.45, 7) is 0.806. The highest BCUT2D eigenvalue weighted by molar-refractivity contribution is 5.82. The van der Waals surface area contributed by atoms with Gasteiger partial charge in [0.25, 0.3) is 0 Å². The van der Waals surface area contributed by atoms with Crippen LogP contribution in [-0.2, 0) is 4.79 Å². The van der Waals surface area contributed by atoms with E-state index in [-0.39, 0.29) is 5.91 Å². The third-order valence-corrected chi connectivity index (χ3v) is 4.86. The molecule has 1 amide bonds. The van der Waals surface area contributed by atoms with Gasteiger partial charge in [0.15, 0.2) is 0 Å². The van der Waals surface area contributed by atoms with E-state index in [4.69, 9.17) is 5.73 Å². The van der Waals surface area contributed by atoms with Gasteiger partial charge in [-0.25, -0.2) is 0 Å². The van der Waals surface area contributed by atoms with Crippen molar-refractivity contribution >= 4 is 5.91 Å². The Labute approximate surface area is 114 Å². The molecule has 0 spiro atoms. The lowest BCUT2D eigenvalue weighted by Gasteiger charge is -2.22. The summed E-state index contributed by atoms with van der Waals surface area (Å²) >= 11 is 0. The normalized spacial score (nSPS) is 30.3. The zero-order valence-corrected chi connectivity index (χ0v) is 11.2. The van der Waals surface area contributed by atoms with Crippen molar-refractivity contribution in [2.75, 3.05) is 6.54 Å². The standard InChI is InChI=1S/C16H22N2O/c17-15(12-4-2-1-3-5-12)16(19)18-10-14-9-11-6-7-13(14)8-11/h1-5,11,13-15H,6-10,17H2,(H,18,19)/t11?,13?,14?,15-/m0/s1. The molecule has 0 aliphatic heterocycles. The van der Waals surface area contributed by atoms with Crippen LogP contribution in [0.5, 0.6) is 0 Å². The molecule has 3 unspecified atom stereocenters. The Hall–Kier alpha value is -1.35. The van der Waals surface area contributed by atoms with Crippen molar-refractivity contribution in [2.45, 2.75) is 31.7 Å². The van der Waals surface area contributed by atoms with Crippen molar-refractivity contribution in [1.82, 2.24) is 5.32 Å². The van der Waals surface area contributed by atoms with Crippen LogP contribution in [0.1, 0.15) is 37.3 Å². The molecule has 3 heteroatoms. The van der Waals surface area contributed by atoms with Gasteiger partial charge in [-0.15, -0.1) is 0 Å². The van der Waals surface area contributed by atoms with Gasteiger partial charge in [0.2, 0.25) is 5.91 Å². The Morgan fingerprint density at radius 1 is 1.26 bits per heavy atom. The zero-order chi connectivity index (χ0) is 13.2. The third kappa shape index (κ3) is 2.66. The van der Waals surface area contributed by atoms with Gasteiger partial charge in [-0.2, -0.15) is 0 Å². The van der Waals surface area contributed by atoms with Crippen LogP contribution in [0.15, 0.2) is 30.3 Å². The van der Waals surface area contributed by atoms with E-state index < -0.39 is 6.04 Å². The van der Waals surface area contributed by atoms with E-state index in [1.54, 1.807) is 0 Å². The van der Waals surface area contributed by atoms with E-state index in [1.807, 2.05) is 30.3 Å². The summed E-state index contributed by atoms with van der Waals surface area (Å²) < 4.78 is 0. The molecule has 2 bridgehead atoms. The Kier molecular flexibility index (Phi) is 3.56. The predicted molar refractivity (Wildman–Crippen MR) is 75.3 cm³/mol. The summed E-state index contributed by atoms with van der Waals surface area (Å²) in [4.78, 5) is 12.1. The summed E-state index contributed by atoms with van der Waals surface area (Å²) in [5.74, 6) is 2.41. The maximum Gasteiger partial charge on any atom is 0.241 e. The average Bonchev–Trinajstić information content (AvgIpc) is 3.07. The van der Waals surface area contributed by atoms with E-state index >= 15 is 0 Å². The fourth-order valence-corrected chi connectivity index (χ4v) is 3.78. The molecule has 1 aromatic rings. The molecule has 2 saturated carbocycles. The average molecular weight is 258 g/mol. The first kappa shape index (κ1) is 12.7. The van der Waals surface area contributed by atoms with Crippen LogP contribution in [0.25, 0.3) is 0 Å². The zero-order valence-electron chi connectivity index (χ0n) is 11.2. The number of carbonyl (C=O) groups is 1. The van der Waals surface area contributed by atoms with Gasteiger partial charge in [-0.3, -0.25) is 4.79 Å². The highest BCUT2D eigenvalue weighted by Gasteiger charge is 2.39. The van der Waals surface area contributed by atoms with E-state index in [2.05, 4.69) is 5.32 Å². The first-order valence-corrected chi connectivity index (χ1v) is 7.32. The second-order valence-corrected chi connectivity index (χ2v) is 6.07. The van der Waals surface area contributed by atoms with Crippen molar-refractivity contribution in [3.63, 3.8) is 0 Å². The highest BCUT2D eigenvalue weighted by atomic mass is 16.2. The molecule has 0 heterocycles. The lowest BCUT2D eigenvalue weighted by atomic mass is 9.89. The van der Waals surface area contributed by atoms with Gasteiger partial charge in [-0.1, -0.05) is 36.8 Å². The van der Waals surface area contributed by atoms with E-state index in [1.165, 1.54) is 25.7 Å². The summed E-state index contributed by atoms with van der Waals surface area (Å²) in [5.41, 5.74) is 6.87. The van der Waals surface area contributed by atoms with Crippen molar-refractivity contribution in [3.8, 4) is 0 Å². The molecule has 2 aliphatic rings. The number of nitrogens with one attached hydrogen (secondary N) is 1. The summed E-state index contributed by atoms with van der Waals surface area (Å²) in [7, 11) is 0. The van der Waals surface area contributed by atoms with Gasteiger partial charge in [-0.05, 0) is 42.6 Å². The quantitative estimate of drug-likeness (QED) is 0.870. The molecule has 0 aromatic heterocycles. The third-order valence-electron chi connectivity index (χ3n) is 4.86. The molecule has 3 rings (SSSR count). The van der Waals surface area contributed by atoms with Crippen LogP contribution in [0.2, 0.25) is 0 Å². The minimum atomic E-state index is -0.542. The number of hydrogen-bond donors (Lipinski definition) is 2. The molecular formula is C16H22N2O. The number of carbonyl (C=O) groups excluding carboxylic acids is 1. The molecule has 102 valence electrons. The molecule has 19 heavy (non-hydrogen) atoms. The molecular weight excluding hydrogens is 236 g/mol. The van der Waals surface area contributed by atoms with Gasteiger partial charge in [0.05, 0.1) is 0 Å². The Bertz CT molecular complexity index is 445. The number of benzene rings is 1. The Morgan fingerprint density at radius 2 is 2.05 bits per heavy atom. The molecule has 2 fully saturated rings. The molecule has 2 aliphatic carbocycles. The molecule has 1 aromatic carbocycles. The maximum atomic E-state index is 12.1. The van der Waals surface area contributed by atoms with E-state index in [9.17, 15) is 4.79 Å². The monoisotopic (exact) mass is 258 g/mol. The smallest absolute Gasteiger partial charge is 0.241 e. The van der Waals surface area contributed by atoms with Gasteiger partial charge < -0.3 is 11.1 Å². The second kappa shape index (κ2) is 5.33. The molecule has 0 radical (unpaired) electrons. The highest BCUT2D eigenvalue weighted by Crippen LogP contribution is 2.47. The second-order valence-electron chi connectivity index (χ2n) is 6.07. The van der Waals surface area contributed by atoms with Crippen molar-refractivity contribution in [1.29, 1.82) is 0 Å². The van der Waals surface area contributed by atoms with Crippen LogP contribution < -0.4 is 11.1 Å². The number of fused-ring (bicyclic) bond motifs is 2. The van der Waals surface area contributed by atoms with Gasteiger partial charge in [0.1, 0.15) is 6.04 Å². The SMILES string of the molecule is N[C@H](C(=O)NCC1CC2CCC1C2)c1ccccc1. The summed E-state index contributed by atoms with van der Waals surface area (Å²) in [5, 5.41) is 3.04. The Balaban J connectivity index is 1.51. The Morgan fingerprint density at radius 3 is 2.68 bits per heavy atom. The van der Waals surface area contributed by atoms with Crippen LogP contribution in [0.4, 0.5) is 0 Å². The lowest BCUT2D eigenvalue weighted by Crippen LogP contribution is -2.38. The van der Waals surface area contributed by atoms with Gasteiger partial charge >= 0.3 is 0 Å². The molecule has 3 N–H and O–H groups in total. The van der Waals surface area contributed by atoms with Crippen LogP contribution in [0, 0.1) is 17.8 Å². The lowest BCUT2D eigenvalue weighted by molar-refractivity contribution is -0.122.